The van der Waals surface area contributed by atoms with Crippen LogP contribution >= 0.6 is 0 Å². The predicted octanol–water partition coefficient (Wildman–Crippen LogP) is 2.18. The maximum atomic E-state index is 12.9. The summed E-state index contributed by atoms with van der Waals surface area (Å²) in [5, 5.41) is 2.65. The zero-order chi connectivity index (χ0) is 15.1. The molecule has 0 bridgehead atoms. The first-order valence-corrected chi connectivity index (χ1v) is 7.15. The van der Waals surface area contributed by atoms with Crippen LogP contribution in [0.4, 0.5) is 15.8 Å². The second-order valence-corrected chi connectivity index (χ2v) is 5.16. The van der Waals surface area contributed by atoms with Gasteiger partial charge in [0.2, 0.25) is 5.91 Å². The average Bonchev–Trinajstić information content (AvgIpc) is 2.48. The molecule has 2 rings (SSSR count). The van der Waals surface area contributed by atoms with Gasteiger partial charge in [0.05, 0.1) is 24.4 Å². The minimum atomic E-state index is -0.426. The topological polar surface area (TPSA) is 73.6 Å². The van der Waals surface area contributed by atoms with E-state index < -0.39 is 5.82 Å². The Morgan fingerprint density at radius 2 is 2.19 bits per heavy atom. The Kier molecular flexibility index (Phi) is 5.95. The van der Waals surface area contributed by atoms with E-state index in [1.165, 1.54) is 18.2 Å². The van der Waals surface area contributed by atoms with Crippen LogP contribution in [0.15, 0.2) is 18.2 Å². The van der Waals surface area contributed by atoms with Gasteiger partial charge in [0.15, 0.2) is 0 Å². The molecule has 1 amide bonds. The standard InChI is InChI=1S/C15H21FN2O3/c16-12-1-2-14(13(17)9-12)18-15(19)5-8-21-10-11-3-6-20-7-4-11/h1-2,9,11H,3-8,10,17H2,(H,18,19). The highest BCUT2D eigenvalue weighted by molar-refractivity contribution is 5.93. The molecular formula is C15H21FN2O3. The molecule has 0 aliphatic carbocycles. The van der Waals surface area contributed by atoms with E-state index in [0.29, 0.717) is 24.8 Å². The minimum Gasteiger partial charge on any atom is -0.397 e. The Morgan fingerprint density at radius 3 is 2.90 bits per heavy atom. The molecule has 1 heterocycles. The second-order valence-electron chi connectivity index (χ2n) is 5.16. The van der Waals surface area contributed by atoms with Gasteiger partial charge in [-0.05, 0) is 37.0 Å². The van der Waals surface area contributed by atoms with Crippen LogP contribution < -0.4 is 11.1 Å². The number of amides is 1. The SMILES string of the molecule is Nc1cc(F)ccc1NC(=O)CCOCC1CCOCC1. The first-order chi connectivity index (χ1) is 10.1. The van der Waals surface area contributed by atoms with E-state index in [1.54, 1.807) is 0 Å². The summed E-state index contributed by atoms with van der Waals surface area (Å²) in [7, 11) is 0. The van der Waals surface area contributed by atoms with Crippen molar-refractivity contribution >= 4 is 17.3 Å². The van der Waals surface area contributed by atoms with Gasteiger partial charge < -0.3 is 20.5 Å². The maximum absolute atomic E-state index is 12.9. The molecule has 116 valence electrons. The molecule has 1 aromatic rings. The number of hydrogen-bond donors (Lipinski definition) is 2. The normalized spacial score (nSPS) is 15.9. The maximum Gasteiger partial charge on any atom is 0.226 e. The van der Waals surface area contributed by atoms with E-state index in [4.69, 9.17) is 15.2 Å². The molecule has 0 spiro atoms. The lowest BCUT2D eigenvalue weighted by molar-refractivity contribution is -0.117. The van der Waals surface area contributed by atoms with Crippen molar-refractivity contribution in [2.75, 3.05) is 37.5 Å². The highest BCUT2D eigenvalue weighted by atomic mass is 19.1. The predicted molar refractivity (Wildman–Crippen MR) is 78.4 cm³/mol. The van der Waals surface area contributed by atoms with E-state index in [0.717, 1.165) is 26.1 Å². The molecule has 21 heavy (non-hydrogen) atoms. The fourth-order valence-corrected chi connectivity index (χ4v) is 2.19. The number of nitrogens with two attached hydrogens (primary N) is 1. The number of benzene rings is 1. The number of hydrogen-bond acceptors (Lipinski definition) is 4. The highest BCUT2D eigenvalue weighted by Crippen LogP contribution is 2.19. The van der Waals surface area contributed by atoms with E-state index in [-0.39, 0.29) is 18.0 Å². The molecule has 0 saturated carbocycles. The smallest absolute Gasteiger partial charge is 0.226 e. The third-order valence-corrected chi connectivity index (χ3v) is 3.46. The lowest BCUT2D eigenvalue weighted by Crippen LogP contribution is -2.21. The van der Waals surface area contributed by atoms with Crippen molar-refractivity contribution in [3.63, 3.8) is 0 Å². The van der Waals surface area contributed by atoms with Crippen molar-refractivity contribution in [3.8, 4) is 0 Å². The number of anilines is 2. The van der Waals surface area contributed by atoms with Crippen LogP contribution in [-0.4, -0.2) is 32.3 Å². The summed E-state index contributed by atoms with van der Waals surface area (Å²) in [4.78, 5) is 11.7. The molecule has 5 nitrogen and oxygen atoms in total. The molecule has 1 saturated heterocycles. The van der Waals surface area contributed by atoms with Crippen molar-refractivity contribution in [3.05, 3.63) is 24.0 Å². The number of carbonyl (C=O) groups is 1. The van der Waals surface area contributed by atoms with Gasteiger partial charge in [-0.15, -0.1) is 0 Å². The Hall–Kier alpha value is -1.66. The van der Waals surface area contributed by atoms with Crippen molar-refractivity contribution in [1.82, 2.24) is 0 Å². The molecular weight excluding hydrogens is 275 g/mol. The zero-order valence-corrected chi connectivity index (χ0v) is 11.9. The van der Waals surface area contributed by atoms with Gasteiger partial charge in [-0.1, -0.05) is 0 Å². The third-order valence-electron chi connectivity index (χ3n) is 3.46. The van der Waals surface area contributed by atoms with Crippen LogP contribution in [0.3, 0.4) is 0 Å². The fraction of sp³-hybridized carbons (Fsp3) is 0.533. The van der Waals surface area contributed by atoms with E-state index >= 15 is 0 Å². The van der Waals surface area contributed by atoms with Gasteiger partial charge in [-0.25, -0.2) is 4.39 Å². The van der Waals surface area contributed by atoms with Crippen LogP contribution in [0.5, 0.6) is 0 Å². The highest BCUT2D eigenvalue weighted by Gasteiger charge is 2.14. The van der Waals surface area contributed by atoms with Crippen LogP contribution in [-0.2, 0) is 14.3 Å². The Balaban J connectivity index is 1.65. The summed E-state index contributed by atoms with van der Waals surface area (Å²) in [5.74, 6) is -0.0971. The van der Waals surface area contributed by atoms with Crippen molar-refractivity contribution in [2.45, 2.75) is 19.3 Å². The zero-order valence-electron chi connectivity index (χ0n) is 11.9. The molecule has 0 atom stereocenters. The van der Waals surface area contributed by atoms with Gasteiger partial charge in [0, 0.05) is 19.8 Å². The molecule has 0 aromatic heterocycles. The first-order valence-electron chi connectivity index (χ1n) is 7.15. The minimum absolute atomic E-state index is 0.194. The van der Waals surface area contributed by atoms with Crippen LogP contribution in [0.2, 0.25) is 0 Å². The van der Waals surface area contributed by atoms with Gasteiger partial charge in [-0.3, -0.25) is 4.79 Å². The number of nitrogens with one attached hydrogen (secondary N) is 1. The van der Waals surface area contributed by atoms with E-state index in [1.807, 2.05) is 0 Å². The van der Waals surface area contributed by atoms with Crippen LogP contribution in [0.25, 0.3) is 0 Å². The number of nitrogen functional groups attached to an aromatic ring is 1. The molecule has 6 heteroatoms. The van der Waals surface area contributed by atoms with Crippen LogP contribution in [0, 0.1) is 11.7 Å². The van der Waals surface area contributed by atoms with Crippen molar-refractivity contribution in [2.24, 2.45) is 5.92 Å². The number of rotatable bonds is 6. The third kappa shape index (κ3) is 5.32. The summed E-state index contributed by atoms with van der Waals surface area (Å²) < 4.78 is 23.7. The monoisotopic (exact) mass is 296 g/mol. The van der Waals surface area contributed by atoms with E-state index in [2.05, 4.69) is 5.32 Å². The summed E-state index contributed by atoms with van der Waals surface area (Å²) in [5.41, 5.74) is 6.26. The summed E-state index contributed by atoms with van der Waals surface area (Å²) in [6, 6.07) is 3.89. The van der Waals surface area contributed by atoms with Gasteiger partial charge in [-0.2, -0.15) is 0 Å². The average molecular weight is 296 g/mol. The van der Waals surface area contributed by atoms with Gasteiger partial charge in [0.1, 0.15) is 5.82 Å². The van der Waals surface area contributed by atoms with Crippen molar-refractivity contribution in [1.29, 1.82) is 0 Å². The lowest BCUT2D eigenvalue weighted by atomic mass is 10.0. The molecule has 1 aliphatic rings. The second kappa shape index (κ2) is 7.95. The Morgan fingerprint density at radius 1 is 1.43 bits per heavy atom. The molecule has 0 radical (unpaired) electrons. The summed E-state index contributed by atoms with van der Waals surface area (Å²) >= 11 is 0. The van der Waals surface area contributed by atoms with Gasteiger partial charge >= 0.3 is 0 Å². The molecule has 3 N–H and O–H groups in total. The molecule has 0 unspecified atom stereocenters. The van der Waals surface area contributed by atoms with E-state index in [9.17, 15) is 9.18 Å². The number of halogens is 1. The molecule has 1 aromatic carbocycles. The Labute approximate surface area is 123 Å². The summed E-state index contributed by atoms with van der Waals surface area (Å²) in [6.45, 7) is 2.61. The molecule has 1 fully saturated rings. The van der Waals surface area contributed by atoms with Gasteiger partial charge in [0.25, 0.3) is 0 Å². The first kappa shape index (κ1) is 15.7. The quantitative estimate of drug-likeness (QED) is 0.623. The number of carbonyl (C=O) groups excluding carboxylic acids is 1. The lowest BCUT2D eigenvalue weighted by Gasteiger charge is -2.21. The summed E-state index contributed by atoms with van der Waals surface area (Å²) in [6.07, 6.45) is 2.27. The largest absolute Gasteiger partial charge is 0.397 e. The molecule has 1 aliphatic heterocycles. The Bertz CT molecular complexity index is 476. The fourth-order valence-electron chi connectivity index (χ4n) is 2.19. The van der Waals surface area contributed by atoms with Crippen molar-refractivity contribution < 1.29 is 18.7 Å². The van der Waals surface area contributed by atoms with Crippen LogP contribution in [0.1, 0.15) is 19.3 Å². The number of ether oxygens (including phenoxy) is 2.